The monoisotopic (exact) mass is 289 g/mol. The minimum absolute atomic E-state index is 0. The van der Waals surface area contributed by atoms with Crippen molar-refractivity contribution in [2.75, 3.05) is 0 Å². The Hall–Kier alpha value is 1.37. The second-order valence-electron chi connectivity index (χ2n) is 0. The predicted molar refractivity (Wildman–Crippen MR) is 1.37 cm³/mol. The van der Waals surface area contributed by atoms with Gasteiger partial charge in [-0.2, -0.15) is 0 Å². The van der Waals surface area contributed by atoms with Gasteiger partial charge in [-0.1, -0.05) is 0 Å². The average Bonchev–Trinajstić information content (AvgIpc) is 0. The summed E-state index contributed by atoms with van der Waals surface area (Å²) in [6.45, 7) is 0. The van der Waals surface area contributed by atoms with E-state index in [1.807, 2.05) is 0 Å². The van der Waals surface area contributed by atoms with Crippen LogP contribution < -0.4 is 0 Å². The molecule has 2 nitrogen and oxygen atoms in total. The largest absolute Gasteiger partial charge is 2.00 e. The van der Waals surface area contributed by atoms with Gasteiger partial charge < -0.3 is 11.0 Å². The van der Waals surface area contributed by atoms with E-state index in [0.29, 0.717) is 0 Å². The molecule has 0 saturated heterocycles. The molecule has 0 rings (SSSR count). The van der Waals surface area contributed by atoms with Crippen molar-refractivity contribution in [2.45, 2.75) is 0 Å². The zero-order valence-electron chi connectivity index (χ0n) is 1.90. The van der Waals surface area contributed by atoms with E-state index in [1.54, 1.807) is 0 Å². The Bertz CT molecular complexity index is 6.00. The SMILES string of the molecule is [Hg+2].[Mn+2].[O-2].[O-2]. The van der Waals surface area contributed by atoms with E-state index >= 15 is 0 Å². The average molecular weight is 288 g/mol. The molecule has 21 valence electrons. The minimum atomic E-state index is 0. The van der Waals surface area contributed by atoms with Gasteiger partial charge in [-0.25, -0.2) is 0 Å². The first-order valence-electron chi connectivity index (χ1n) is 0. The van der Waals surface area contributed by atoms with Crippen LogP contribution >= 0.6 is 0 Å². The van der Waals surface area contributed by atoms with E-state index < -0.39 is 0 Å². The molecule has 0 amide bonds. The summed E-state index contributed by atoms with van der Waals surface area (Å²) in [6.07, 6.45) is 0. The van der Waals surface area contributed by atoms with Crippen LogP contribution in [0.25, 0.3) is 0 Å². The molecule has 0 fully saturated rings. The van der Waals surface area contributed by atoms with Crippen LogP contribution in [-0.2, 0) is 55.7 Å². The molecule has 0 aliphatic carbocycles. The molecule has 0 aliphatic heterocycles. The van der Waals surface area contributed by atoms with E-state index in [1.165, 1.54) is 0 Å². The fourth-order valence-corrected chi connectivity index (χ4v) is 0. The summed E-state index contributed by atoms with van der Waals surface area (Å²) in [5, 5.41) is 0. The summed E-state index contributed by atoms with van der Waals surface area (Å²) < 4.78 is 0. The van der Waals surface area contributed by atoms with Gasteiger partial charge in [0.1, 0.15) is 0 Å². The van der Waals surface area contributed by atoms with Gasteiger partial charge in [-0.05, 0) is 0 Å². The van der Waals surface area contributed by atoms with Crippen molar-refractivity contribution in [3.63, 3.8) is 0 Å². The molecule has 0 heterocycles. The van der Waals surface area contributed by atoms with E-state index in [4.69, 9.17) is 0 Å². The van der Waals surface area contributed by atoms with Crippen molar-refractivity contribution in [3.05, 3.63) is 0 Å². The first-order valence-corrected chi connectivity index (χ1v) is 0. The summed E-state index contributed by atoms with van der Waals surface area (Å²) >= 11 is 0. The Morgan fingerprint density at radius 2 is 0.750 bits per heavy atom. The summed E-state index contributed by atoms with van der Waals surface area (Å²) in [5.74, 6) is 0. The van der Waals surface area contributed by atoms with Gasteiger partial charge in [0.05, 0.1) is 0 Å². The first-order chi connectivity index (χ1) is 0. The molecule has 0 aliphatic rings. The molecule has 0 aromatic carbocycles. The molecule has 0 saturated carbocycles. The van der Waals surface area contributed by atoms with Crippen LogP contribution in [0.2, 0.25) is 0 Å². The van der Waals surface area contributed by atoms with Crippen molar-refractivity contribution in [1.82, 2.24) is 0 Å². The first kappa shape index (κ1) is 54.4. The number of rotatable bonds is 0. The third-order valence-corrected chi connectivity index (χ3v) is 0. The molecule has 0 aromatic heterocycles. The Kier molecular flexibility index (Phi) is 359. The second kappa shape index (κ2) is 26.4. The molecule has 0 aromatic rings. The quantitative estimate of drug-likeness (QED) is 0.552. The molecule has 0 unspecified atom stereocenters. The Labute approximate surface area is 55.6 Å². The smallest absolute Gasteiger partial charge is 2.00 e. The molecule has 1 radical (unpaired) electrons. The van der Waals surface area contributed by atoms with Gasteiger partial charge in [-0.3, -0.25) is 0 Å². The molecule has 0 N–H and O–H groups in total. The van der Waals surface area contributed by atoms with Crippen LogP contribution in [0.5, 0.6) is 0 Å². The van der Waals surface area contributed by atoms with Crippen LogP contribution in [0, 0.1) is 0 Å². The van der Waals surface area contributed by atoms with E-state index in [-0.39, 0.29) is 55.7 Å². The molecule has 0 atom stereocenters. The Balaban J connectivity index is 0. The Morgan fingerprint density at radius 1 is 0.750 bits per heavy atom. The molecular weight excluding hydrogens is 288 g/mol. The third-order valence-electron chi connectivity index (χ3n) is 0. The number of hydrogen-bond donors (Lipinski definition) is 0. The van der Waals surface area contributed by atoms with Crippen LogP contribution in [0.3, 0.4) is 0 Å². The summed E-state index contributed by atoms with van der Waals surface area (Å²) in [5.41, 5.74) is 0. The predicted octanol–water partition coefficient (Wildman–Crippen LogP) is -0.243. The van der Waals surface area contributed by atoms with Crippen molar-refractivity contribution in [1.29, 1.82) is 0 Å². The maximum Gasteiger partial charge on any atom is 2.00 e. The molecule has 0 bridgehead atoms. The van der Waals surface area contributed by atoms with Crippen LogP contribution in [-0.4, -0.2) is 0 Å². The molecule has 4 heteroatoms. The topological polar surface area (TPSA) is 57.0 Å². The van der Waals surface area contributed by atoms with Gasteiger partial charge in [0.2, 0.25) is 0 Å². The third kappa shape index (κ3) is 10.1. The number of hydrogen-bond acceptors (Lipinski definition) is 0. The van der Waals surface area contributed by atoms with Crippen molar-refractivity contribution >= 4 is 0 Å². The standard InChI is InChI=1S/Hg.Mn.2O/q2*+2;2*-2. The Morgan fingerprint density at radius 3 is 0.750 bits per heavy atom. The summed E-state index contributed by atoms with van der Waals surface area (Å²) in [4.78, 5) is 0. The van der Waals surface area contributed by atoms with Gasteiger partial charge >= 0.3 is 44.7 Å². The van der Waals surface area contributed by atoms with E-state index in [2.05, 4.69) is 0 Å². The van der Waals surface area contributed by atoms with Crippen LogP contribution in [0.1, 0.15) is 0 Å². The fraction of sp³-hybridized carbons (Fsp3) is 0. The van der Waals surface area contributed by atoms with Gasteiger partial charge in [0.15, 0.2) is 0 Å². The van der Waals surface area contributed by atoms with Gasteiger partial charge in [-0.15, -0.1) is 0 Å². The van der Waals surface area contributed by atoms with Crippen LogP contribution in [0.4, 0.5) is 0 Å². The second-order valence-corrected chi connectivity index (χ2v) is 0. The summed E-state index contributed by atoms with van der Waals surface area (Å²) in [7, 11) is 0. The minimum Gasteiger partial charge on any atom is -2.00 e. The zero-order chi connectivity index (χ0) is 0. The molecule has 4 heavy (non-hydrogen) atoms. The van der Waals surface area contributed by atoms with Crippen molar-refractivity contribution in [3.8, 4) is 0 Å². The summed E-state index contributed by atoms with van der Waals surface area (Å²) in [6, 6.07) is 0. The van der Waals surface area contributed by atoms with Crippen LogP contribution in [0.15, 0.2) is 0 Å². The van der Waals surface area contributed by atoms with E-state index in [9.17, 15) is 0 Å². The van der Waals surface area contributed by atoms with Crippen molar-refractivity contribution in [2.24, 2.45) is 0 Å². The molecular formula is HgMnO2. The van der Waals surface area contributed by atoms with Crippen molar-refractivity contribution < 1.29 is 55.7 Å². The fourth-order valence-electron chi connectivity index (χ4n) is 0. The molecule has 0 spiro atoms. The normalized spacial score (nSPS) is 0. The van der Waals surface area contributed by atoms with E-state index in [0.717, 1.165) is 0 Å². The maximum absolute atomic E-state index is 0. The van der Waals surface area contributed by atoms with Gasteiger partial charge in [0, 0.05) is 0 Å². The van der Waals surface area contributed by atoms with Gasteiger partial charge in [0.25, 0.3) is 0 Å². The maximum atomic E-state index is 0. The zero-order valence-corrected chi connectivity index (χ0v) is 8.58.